The van der Waals surface area contributed by atoms with Crippen LogP contribution in [-0.4, -0.2) is 28.8 Å². The van der Waals surface area contributed by atoms with E-state index in [1.165, 1.54) is 44.1 Å². The summed E-state index contributed by atoms with van der Waals surface area (Å²) in [5.41, 5.74) is 9.16. The second-order valence-corrected chi connectivity index (χ2v) is 8.05. The maximum Gasteiger partial charge on any atom is 0.329 e. The van der Waals surface area contributed by atoms with Crippen LogP contribution in [0, 0.1) is 0 Å². The number of hydrogen-bond donors (Lipinski definition) is 2. The van der Waals surface area contributed by atoms with Crippen LogP contribution in [0.1, 0.15) is 69.4 Å². The SMILES string of the molecule is Cn1c(=O)n(C2CCCNC2)c2ccc(CCCCCCCCCN)cc21. The molecule has 5 nitrogen and oxygen atoms in total. The first kappa shape index (κ1) is 20.2. The lowest BCUT2D eigenvalue weighted by molar-refractivity contribution is 0.369. The predicted octanol–water partition coefficient (Wildman–Crippen LogP) is 3.50. The number of benzene rings is 1. The lowest BCUT2D eigenvalue weighted by Gasteiger charge is -2.24. The zero-order chi connectivity index (χ0) is 19.1. The van der Waals surface area contributed by atoms with Crippen LogP contribution in [0.15, 0.2) is 23.0 Å². The van der Waals surface area contributed by atoms with Crippen LogP contribution in [0.25, 0.3) is 11.0 Å². The molecule has 0 saturated carbocycles. The van der Waals surface area contributed by atoms with E-state index < -0.39 is 0 Å². The van der Waals surface area contributed by atoms with Crippen molar-refractivity contribution in [1.29, 1.82) is 0 Å². The molecule has 1 unspecified atom stereocenters. The van der Waals surface area contributed by atoms with Gasteiger partial charge in [-0.25, -0.2) is 4.79 Å². The smallest absolute Gasteiger partial charge is 0.329 e. The number of hydrogen-bond acceptors (Lipinski definition) is 3. The molecule has 2 aromatic rings. The molecule has 1 fully saturated rings. The largest absolute Gasteiger partial charge is 0.330 e. The Kier molecular flexibility index (Phi) is 7.53. The van der Waals surface area contributed by atoms with Crippen molar-refractivity contribution in [3.05, 3.63) is 34.2 Å². The molecule has 0 bridgehead atoms. The standard InChI is InChI=1S/C22H36N4O/c1-25-21-16-18(10-7-5-3-2-4-6-8-14-23)12-13-20(21)26(22(25)27)19-11-9-15-24-17-19/h12-13,16,19,24H,2-11,14-15,17,23H2,1H3. The van der Waals surface area contributed by atoms with E-state index in [9.17, 15) is 4.79 Å². The molecule has 1 aliphatic heterocycles. The van der Waals surface area contributed by atoms with E-state index in [0.29, 0.717) is 0 Å². The molecular formula is C22H36N4O. The Balaban J connectivity index is 1.59. The van der Waals surface area contributed by atoms with Gasteiger partial charge in [-0.05, 0) is 62.9 Å². The topological polar surface area (TPSA) is 65.0 Å². The summed E-state index contributed by atoms with van der Waals surface area (Å²) in [6, 6.07) is 6.88. The van der Waals surface area contributed by atoms with E-state index in [2.05, 4.69) is 23.5 Å². The van der Waals surface area contributed by atoms with Gasteiger partial charge >= 0.3 is 5.69 Å². The van der Waals surface area contributed by atoms with Crippen LogP contribution in [0.3, 0.4) is 0 Å². The molecule has 1 aliphatic rings. The Bertz CT molecular complexity index is 770. The molecule has 3 N–H and O–H groups in total. The third-order valence-corrected chi connectivity index (χ3v) is 5.96. The Hall–Kier alpha value is -1.59. The highest BCUT2D eigenvalue weighted by Crippen LogP contribution is 2.23. The first-order chi connectivity index (χ1) is 13.2. The number of nitrogens with zero attached hydrogens (tertiary/aromatic N) is 2. The van der Waals surface area contributed by atoms with Crippen LogP contribution in [-0.2, 0) is 13.5 Å². The lowest BCUT2D eigenvalue weighted by atomic mass is 10.0. The zero-order valence-corrected chi connectivity index (χ0v) is 16.9. The number of nitrogens with one attached hydrogen (secondary N) is 1. The van der Waals surface area contributed by atoms with Gasteiger partial charge in [0.2, 0.25) is 0 Å². The highest BCUT2D eigenvalue weighted by Gasteiger charge is 2.21. The zero-order valence-electron chi connectivity index (χ0n) is 16.9. The normalized spacial score (nSPS) is 17.6. The van der Waals surface area contributed by atoms with Crippen molar-refractivity contribution in [3.8, 4) is 0 Å². The van der Waals surface area contributed by atoms with Gasteiger partial charge < -0.3 is 11.1 Å². The molecule has 1 saturated heterocycles. The average Bonchev–Trinajstić information content (AvgIpc) is 2.95. The summed E-state index contributed by atoms with van der Waals surface area (Å²) < 4.78 is 3.83. The summed E-state index contributed by atoms with van der Waals surface area (Å²) in [5.74, 6) is 0. The number of fused-ring (bicyclic) bond motifs is 1. The van der Waals surface area contributed by atoms with E-state index in [4.69, 9.17) is 5.73 Å². The van der Waals surface area contributed by atoms with E-state index in [-0.39, 0.29) is 11.7 Å². The molecule has 0 spiro atoms. The molecule has 1 atom stereocenters. The van der Waals surface area contributed by atoms with Crippen LogP contribution in [0.2, 0.25) is 0 Å². The summed E-state index contributed by atoms with van der Waals surface area (Å²) in [4.78, 5) is 12.8. The molecule has 2 heterocycles. The fourth-order valence-corrected chi connectivity index (χ4v) is 4.33. The Morgan fingerprint density at radius 1 is 1.07 bits per heavy atom. The highest BCUT2D eigenvalue weighted by molar-refractivity contribution is 5.77. The molecule has 0 radical (unpaired) electrons. The van der Waals surface area contributed by atoms with Gasteiger partial charge in [-0.1, -0.05) is 38.2 Å². The number of aromatic nitrogens is 2. The van der Waals surface area contributed by atoms with E-state index in [0.717, 1.165) is 56.4 Å². The molecule has 3 rings (SSSR count). The van der Waals surface area contributed by atoms with Crippen molar-refractivity contribution < 1.29 is 0 Å². The molecular weight excluding hydrogens is 336 g/mol. The van der Waals surface area contributed by atoms with Crippen LogP contribution >= 0.6 is 0 Å². The maximum atomic E-state index is 12.8. The monoisotopic (exact) mass is 372 g/mol. The number of nitrogens with two attached hydrogens (primary N) is 1. The summed E-state index contributed by atoms with van der Waals surface area (Å²) >= 11 is 0. The fraction of sp³-hybridized carbons (Fsp3) is 0.682. The number of imidazole rings is 1. The van der Waals surface area contributed by atoms with E-state index in [1.807, 2.05) is 16.2 Å². The molecule has 1 aromatic heterocycles. The van der Waals surface area contributed by atoms with E-state index in [1.54, 1.807) is 0 Å². The Labute approximate surface area is 162 Å². The highest BCUT2D eigenvalue weighted by atomic mass is 16.1. The third-order valence-electron chi connectivity index (χ3n) is 5.96. The van der Waals surface area contributed by atoms with Crippen LogP contribution < -0.4 is 16.7 Å². The minimum Gasteiger partial charge on any atom is -0.330 e. The summed E-state index contributed by atoms with van der Waals surface area (Å²) in [6.45, 7) is 2.78. The summed E-state index contributed by atoms with van der Waals surface area (Å²) in [5, 5.41) is 3.43. The van der Waals surface area contributed by atoms with Gasteiger partial charge in [0.05, 0.1) is 17.1 Å². The minimum atomic E-state index is 0.119. The molecule has 1 aromatic carbocycles. The molecule has 150 valence electrons. The minimum absolute atomic E-state index is 0.119. The third kappa shape index (κ3) is 5.02. The van der Waals surface area contributed by atoms with Crippen molar-refractivity contribution in [1.82, 2.24) is 14.5 Å². The molecule has 0 aliphatic carbocycles. The first-order valence-electron chi connectivity index (χ1n) is 10.8. The number of unbranched alkanes of at least 4 members (excludes halogenated alkanes) is 6. The number of piperidine rings is 1. The quantitative estimate of drug-likeness (QED) is 0.628. The van der Waals surface area contributed by atoms with Crippen LogP contribution in [0.5, 0.6) is 0 Å². The molecule has 27 heavy (non-hydrogen) atoms. The van der Waals surface area contributed by atoms with Crippen molar-refractivity contribution in [2.45, 2.75) is 70.3 Å². The first-order valence-corrected chi connectivity index (χ1v) is 10.8. The van der Waals surface area contributed by atoms with Gasteiger partial charge in [-0.2, -0.15) is 0 Å². The average molecular weight is 373 g/mol. The van der Waals surface area contributed by atoms with Crippen molar-refractivity contribution in [2.75, 3.05) is 19.6 Å². The number of aryl methyl sites for hydroxylation is 2. The van der Waals surface area contributed by atoms with Crippen molar-refractivity contribution in [3.63, 3.8) is 0 Å². The predicted molar refractivity (Wildman–Crippen MR) is 113 cm³/mol. The summed E-state index contributed by atoms with van der Waals surface area (Å²) in [6.07, 6.45) is 12.2. The molecule has 0 amide bonds. The Morgan fingerprint density at radius 3 is 2.52 bits per heavy atom. The molecule has 5 heteroatoms. The number of rotatable bonds is 10. The second kappa shape index (κ2) is 10.1. The Morgan fingerprint density at radius 2 is 1.81 bits per heavy atom. The fourth-order valence-electron chi connectivity index (χ4n) is 4.33. The van der Waals surface area contributed by atoms with Gasteiger partial charge in [0.1, 0.15) is 0 Å². The van der Waals surface area contributed by atoms with Crippen molar-refractivity contribution >= 4 is 11.0 Å². The van der Waals surface area contributed by atoms with Gasteiger partial charge in [0.15, 0.2) is 0 Å². The van der Waals surface area contributed by atoms with Gasteiger partial charge in [0, 0.05) is 13.6 Å². The lowest BCUT2D eigenvalue weighted by Crippen LogP contribution is -2.36. The van der Waals surface area contributed by atoms with Gasteiger partial charge in [0.25, 0.3) is 0 Å². The van der Waals surface area contributed by atoms with Crippen LogP contribution in [0.4, 0.5) is 0 Å². The van der Waals surface area contributed by atoms with Gasteiger partial charge in [-0.15, -0.1) is 0 Å². The van der Waals surface area contributed by atoms with E-state index >= 15 is 0 Å². The van der Waals surface area contributed by atoms with Crippen molar-refractivity contribution in [2.24, 2.45) is 12.8 Å². The maximum absolute atomic E-state index is 12.8. The second-order valence-electron chi connectivity index (χ2n) is 8.05. The van der Waals surface area contributed by atoms with Gasteiger partial charge in [-0.3, -0.25) is 9.13 Å². The summed E-state index contributed by atoms with van der Waals surface area (Å²) in [7, 11) is 1.91.